The molecule has 4 heteroatoms. The molecule has 0 heterocycles. The van der Waals surface area contributed by atoms with E-state index in [-0.39, 0.29) is 11.5 Å². The lowest BCUT2D eigenvalue weighted by Gasteiger charge is -1.82. The summed E-state index contributed by atoms with van der Waals surface area (Å²) in [5.74, 6) is 0. The molecule has 0 saturated heterocycles. The molecule has 78 valence electrons. The van der Waals surface area contributed by atoms with Crippen LogP contribution in [-0.2, 0) is 0 Å². The number of rotatable bonds is 0. The van der Waals surface area contributed by atoms with Gasteiger partial charge in [-0.25, -0.2) is 0 Å². The van der Waals surface area contributed by atoms with E-state index < -0.39 is 0 Å². The van der Waals surface area contributed by atoms with Gasteiger partial charge in [-0.1, -0.05) is 35.9 Å². The minimum atomic E-state index is 0. The summed E-state index contributed by atoms with van der Waals surface area (Å²) in [5, 5.41) is 7.19. The molecule has 0 atom stereocenters. The van der Waals surface area contributed by atoms with Crippen LogP contribution in [0.4, 0.5) is 0 Å². The zero-order chi connectivity index (χ0) is 9.82. The van der Waals surface area contributed by atoms with Gasteiger partial charge in [0.2, 0.25) is 0 Å². The fourth-order valence-corrected chi connectivity index (χ4v) is 0.534. The van der Waals surface area contributed by atoms with Crippen LogP contribution in [-0.4, -0.2) is 17.6 Å². The fourth-order valence-electron chi connectivity index (χ4n) is 0.534. The van der Waals surface area contributed by atoms with Crippen molar-refractivity contribution in [3.63, 3.8) is 0 Å². The van der Waals surface area contributed by atoms with Gasteiger partial charge in [0.15, 0.2) is 0 Å². The quantitative estimate of drug-likeness (QED) is 0.667. The molecule has 0 aromatic heterocycles. The van der Waals surface area contributed by atoms with Gasteiger partial charge in [0, 0.05) is 7.11 Å². The number of aryl methyl sites for hydroxylation is 1. The number of hydrogen-bond acceptors (Lipinski definition) is 2. The van der Waals surface area contributed by atoms with Gasteiger partial charge in [0.05, 0.1) is 5.34 Å². The normalized spacial score (nSPS) is 6.54. The Hall–Kier alpha value is -0.280. The van der Waals surface area contributed by atoms with Gasteiger partial charge in [-0.15, -0.1) is 23.2 Å². The lowest BCUT2D eigenvalue weighted by molar-refractivity contribution is 0.399. The van der Waals surface area contributed by atoms with E-state index in [9.17, 15) is 0 Å². The monoisotopic (exact) mass is 225 g/mol. The molecule has 0 radical (unpaired) electrons. The molecule has 0 bridgehead atoms. The van der Waals surface area contributed by atoms with Crippen LogP contribution in [0.2, 0.25) is 0 Å². The van der Waals surface area contributed by atoms with Gasteiger partial charge in [-0.3, -0.25) is 0 Å². The first-order valence-corrected chi connectivity index (χ1v) is 4.46. The Morgan fingerprint density at radius 2 is 1.38 bits per heavy atom. The van der Waals surface area contributed by atoms with Crippen LogP contribution in [0.25, 0.3) is 0 Å². The predicted octanol–water partition coefficient (Wildman–Crippen LogP) is 3.19. The Morgan fingerprint density at radius 3 is 1.54 bits per heavy atom. The molecule has 13 heavy (non-hydrogen) atoms. The third-order valence-corrected chi connectivity index (χ3v) is 0.940. The summed E-state index contributed by atoms with van der Waals surface area (Å²) in [4.78, 5) is 0. The number of halogens is 2. The molecule has 0 aliphatic carbocycles. The fraction of sp³-hybridized carbons (Fsp3) is 0.333. The van der Waals surface area contributed by atoms with Crippen molar-refractivity contribution in [2.45, 2.75) is 6.92 Å². The SMILES string of the molecule is CO.Cc1ccccc1.ClCCl.N. The largest absolute Gasteiger partial charge is 0.400 e. The highest BCUT2D eigenvalue weighted by molar-refractivity contribution is 6.40. The summed E-state index contributed by atoms with van der Waals surface area (Å²) in [6.07, 6.45) is 0. The first-order valence-electron chi connectivity index (χ1n) is 3.39. The van der Waals surface area contributed by atoms with Crippen molar-refractivity contribution < 1.29 is 5.11 Å². The molecule has 0 fully saturated rings. The zero-order valence-electron chi connectivity index (χ0n) is 8.00. The Bertz CT molecular complexity index is 159. The number of aliphatic hydroxyl groups excluding tert-OH is 1. The highest BCUT2D eigenvalue weighted by Gasteiger charge is 1.72. The minimum absolute atomic E-state index is 0. The summed E-state index contributed by atoms with van der Waals surface area (Å²) < 4.78 is 0. The van der Waals surface area contributed by atoms with Gasteiger partial charge in [0.25, 0.3) is 0 Å². The Balaban J connectivity index is -0.000000146. The molecule has 1 aromatic rings. The molecule has 1 rings (SSSR count). The Kier molecular flexibility index (Phi) is 25.2. The number of aliphatic hydroxyl groups is 1. The van der Waals surface area contributed by atoms with E-state index in [4.69, 9.17) is 28.3 Å². The van der Waals surface area contributed by atoms with Crippen LogP contribution in [0.5, 0.6) is 0 Å². The average molecular weight is 226 g/mol. The number of hydrogen-bond donors (Lipinski definition) is 2. The van der Waals surface area contributed by atoms with E-state index in [1.807, 2.05) is 18.2 Å². The van der Waals surface area contributed by atoms with Crippen molar-refractivity contribution in [3.8, 4) is 0 Å². The van der Waals surface area contributed by atoms with Crippen LogP contribution in [0.3, 0.4) is 0 Å². The number of alkyl halides is 2. The molecule has 0 aliphatic heterocycles. The van der Waals surface area contributed by atoms with Crippen molar-refractivity contribution in [2.75, 3.05) is 12.4 Å². The highest BCUT2D eigenvalue weighted by atomic mass is 35.5. The van der Waals surface area contributed by atoms with E-state index in [2.05, 4.69) is 19.1 Å². The third kappa shape index (κ3) is 18.6. The maximum atomic E-state index is 7.00. The van der Waals surface area contributed by atoms with E-state index in [1.54, 1.807) is 0 Å². The van der Waals surface area contributed by atoms with Crippen LogP contribution < -0.4 is 6.15 Å². The summed E-state index contributed by atoms with van der Waals surface area (Å²) in [6, 6.07) is 10.3. The second-order valence-electron chi connectivity index (χ2n) is 1.76. The second kappa shape index (κ2) is 17.7. The second-order valence-corrected chi connectivity index (χ2v) is 2.56. The molecule has 1 aromatic carbocycles. The van der Waals surface area contributed by atoms with E-state index in [1.165, 1.54) is 5.56 Å². The third-order valence-electron chi connectivity index (χ3n) is 0.940. The van der Waals surface area contributed by atoms with Gasteiger partial charge in [-0.05, 0) is 6.92 Å². The minimum Gasteiger partial charge on any atom is -0.400 e. The van der Waals surface area contributed by atoms with Crippen LogP contribution >= 0.6 is 23.2 Å². The highest BCUT2D eigenvalue weighted by Crippen LogP contribution is 1.92. The summed E-state index contributed by atoms with van der Waals surface area (Å²) >= 11 is 9.53. The van der Waals surface area contributed by atoms with Gasteiger partial charge in [-0.2, -0.15) is 0 Å². The van der Waals surface area contributed by atoms with E-state index >= 15 is 0 Å². The van der Waals surface area contributed by atoms with Crippen LogP contribution in [0, 0.1) is 6.92 Å². The van der Waals surface area contributed by atoms with Gasteiger partial charge in [0.1, 0.15) is 0 Å². The lowest BCUT2D eigenvalue weighted by atomic mass is 10.2. The smallest absolute Gasteiger partial charge is 0.0967 e. The lowest BCUT2D eigenvalue weighted by Crippen LogP contribution is -1.62. The van der Waals surface area contributed by atoms with Crippen molar-refractivity contribution in [1.29, 1.82) is 0 Å². The summed E-state index contributed by atoms with van der Waals surface area (Å²) in [7, 11) is 1.00. The molecule has 0 amide bonds. The van der Waals surface area contributed by atoms with E-state index in [0.29, 0.717) is 0 Å². The molecule has 0 spiro atoms. The van der Waals surface area contributed by atoms with Crippen molar-refractivity contribution in [1.82, 2.24) is 6.15 Å². The topological polar surface area (TPSA) is 55.2 Å². The zero-order valence-corrected chi connectivity index (χ0v) is 9.52. The van der Waals surface area contributed by atoms with E-state index in [0.717, 1.165) is 7.11 Å². The molecule has 0 aliphatic rings. The Labute approximate surface area is 90.1 Å². The summed E-state index contributed by atoms with van der Waals surface area (Å²) in [6.45, 7) is 2.08. The first-order chi connectivity index (χ1) is 5.81. The molecule has 0 saturated carbocycles. The maximum Gasteiger partial charge on any atom is 0.0967 e. The average Bonchev–Trinajstić information content (AvgIpc) is 2.11. The van der Waals surface area contributed by atoms with Crippen LogP contribution in [0.15, 0.2) is 30.3 Å². The van der Waals surface area contributed by atoms with Crippen LogP contribution in [0.1, 0.15) is 5.56 Å². The van der Waals surface area contributed by atoms with Gasteiger partial charge < -0.3 is 11.3 Å². The summed E-state index contributed by atoms with van der Waals surface area (Å²) in [5.41, 5.74) is 1.32. The van der Waals surface area contributed by atoms with Crippen molar-refractivity contribution in [2.24, 2.45) is 0 Å². The molecule has 2 nitrogen and oxygen atoms in total. The number of benzene rings is 1. The standard InChI is InChI=1S/C7H8.CH2Cl2.CH4O.H3N/c1-7-5-3-2-4-6-7;2-1-3;1-2;/h2-6H,1H3;1H2;2H,1H3;1H3. The molecular formula is C9H17Cl2NO. The molecular weight excluding hydrogens is 209 g/mol. The first kappa shape index (κ1) is 18.5. The molecule has 4 N–H and O–H groups in total. The van der Waals surface area contributed by atoms with Gasteiger partial charge >= 0.3 is 0 Å². The Morgan fingerprint density at radius 1 is 1.08 bits per heavy atom. The predicted molar refractivity (Wildman–Crippen MR) is 60.9 cm³/mol. The maximum absolute atomic E-state index is 7.00. The molecule has 0 unspecified atom stereocenters. The van der Waals surface area contributed by atoms with Crippen molar-refractivity contribution >= 4 is 23.2 Å². The van der Waals surface area contributed by atoms with Crippen molar-refractivity contribution in [3.05, 3.63) is 35.9 Å².